The highest BCUT2D eigenvalue weighted by atomic mass is 79.9. The van der Waals surface area contributed by atoms with Crippen LogP contribution < -0.4 is 4.72 Å². The topological polar surface area (TPSA) is 83.6 Å². The number of benzene rings is 1. The lowest BCUT2D eigenvalue weighted by molar-refractivity contribution is 0.392. The van der Waals surface area contributed by atoms with E-state index in [4.69, 9.17) is 0 Å². The number of halogens is 1. The largest absolute Gasteiger partial charge is 0.283 e. The number of nitrogens with one attached hydrogen (secondary N) is 1. The average Bonchev–Trinajstić information content (AvgIpc) is 2.46. The van der Waals surface area contributed by atoms with Gasteiger partial charge in [-0.1, -0.05) is 22.0 Å². The fourth-order valence-electron chi connectivity index (χ4n) is 2.22. The third-order valence-electron chi connectivity index (χ3n) is 3.36. The summed E-state index contributed by atoms with van der Waals surface area (Å²) >= 11 is 2.91. The zero-order chi connectivity index (χ0) is 15.7. The molecule has 1 aliphatic heterocycles. The second-order valence-electron chi connectivity index (χ2n) is 4.79. The van der Waals surface area contributed by atoms with E-state index in [1.807, 2.05) is 6.07 Å². The number of hydrogen-bond acceptors (Lipinski definition) is 4. The summed E-state index contributed by atoms with van der Waals surface area (Å²) < 4.78 is 50.6. The van der Waals surface area contributed by atoms with Gasteiger partial charge in [0.2, 0.25) is 20.0 Å². The maximum absolute atomic E-state index is 11.9. The molecule has 21 heavy (non-hydrogen) atoms. The molecule has 0 aromatic heterocycles. The van der Waals surface area contributed by atoms with Gasteiger partial charge in [0.25, 0.3) is 0 Å². The Morgan fingerprint density at radius 2 is 1.95 bits per heavy atom. The summed E-state index contributed by atoms with van der Waals surface area (Å²) in [6, 6.07) is 5.24. The highest BCUT2D eigenvalue weighted by Gasteiger charge is 2.25. The van der Waals surface area contributed by atoms with Crippen LogP contribution in [0.2, 0.25) is 0 Å². The van der Waals surface area contributed by atoms with Crippen LogP contribution in [0.25, 0.3) is 0 Å². The van der Waals surface area contributed by atoms with Crippen LogP contribution in [0, 0.1) is 0 Å². The average molecular weight is 397 g/mol. The van der Waals surface area contributed by atoms with Crippen molar-refractivity contribution in [1.29, 1.82) is 0 Å². The summed E-state index contributed by atoms with van der Waals surface area (Å²) in [5.74, 6) is 0.0677. The Bertz CT molecular complexity index is 732. The Morgan fingerprint density at radius 1 is 1.24 bits per heavy atom. The molecule has 0 atom stereocenters. The number of nitrogens with zero attached hydrogens (tertiary/aromatic N) is 1. The normalized spacial score (nSPS) is 16.5. The molecule has 118 valence electrons. The number of alkyl halides is 1. The van der Waals surface area contributed by atoms with Crippen molar-refractivity contribution in [3.63, 3.8) is 0 Å². The number of rotatable bonds is 5. The zero-order valence-electron chi connectivity index (χ0n) is 11.5. The summed E-state index contributed by atoms with van der Waals surface area (Å²) in [6.45, 7) is 2.37. The smallest absolute Gasteiger partial charge is 0.242 e. The van der Waals surface area contributed by atoms with Crippen LogP contribution in [0.3, 0.4) is 0 Å². The molecular formula is C12H17BrN2O4S2. The first-order chi connectivity index (χ1) is 9.77. The van der Waals surface area contributed by atoms with Crippen LogP contribution >= 0.6 is 15.9 Å². The van der Waals surface area contributed by atoms with E-state index in [1.54, 1.807) is 19.1 Å². The molecule has 1 aromatic rings. The van der Waals surface area contributed by atoms with E-state index in [2.05, 4.69) is 20.7 Å². The molecule has 1 aliphatic rings. The summed E-state index contributed by atoms with van der Waals surface area (Å²) in [7, 11) is -6.64. The molecule has 1 aromatic carbocycles. The van der Waals surface area contributed by atoms with Crippen LogP contribution in [0.5, 0.6) is 0 Å². The van der Waals surface area contributed by atoms with Gasteiger partial charge < -0.3 is 0 Å². The first-order valence-electron chi connectivity index (χ1n) is 6.43. The number of sulfonamides is 2. The summed E-state index contributed by atoms with van der Waals surface area (Å²) in [5.41, 5.74) is 2.34. The molecular weight excluding hydrogens is 380 g/mol. The molecule has 0 unspecified atom stereocenters. The molecule has 0 spiro atoms. The van der Waals surface area contributed by atoms with Gasteiger partial charge in [-0.05, 0) is 36.6 Å². The van der Waals surface area contributed by atoms with Crippen molar-refractivity contribution in [3.8, 4) is 0 Å². The van der Waals surface area contributed by atoms with Gasteiger partial charge in [0, 0.05) is 18.8 Å². The lowest BCUT2D eigenvalue weighted by atomic mass is 10.0. The molecule has 2 rings (SSSR count). The summed E-state index contributed by atoms with van der Waals surface area (Å²) in [5, 5.41) is 0. The van der Waals surface area contributed by atoms with E-state index in [0.717, 1.165) is 11.1 Å². The quantitative estimate of drug-likeness (QED) is 0.764. The first kappa shape index (κ1) is 16.7. The molecule has 0 bridgehead atoms. The predicted molar refractivity (Wildman–Crippen MR) is 86.4 cm³/mol. The minimum atomic E-state index is -3.41. The molecule has 0 fully saturated rings. The SMILES string of the molecule is CCS(=O)(=O)N1CCc2ccc(NS(=O)(=O)CBr)cc2C1. The van der Waals surface area contributed by atoms with E-state index in [9.17, 15) is 16.8 Å². The monoisotopic (exact) mass is 396 g/mol. The van der Waals surface area contributed by atoms with E-state index < -0.39 is 20.0 Å². The summed E-state index contributed by atoms with van der Waals surface area (Å²) in [6.07, 6.45) is 0.639. The minimum Gasteiger partial charge on any atom is -0.283 e. The van der Waals surface area contributed by atoms with Crippen molar-refractivity contribution in [2.45, 2.75) is 19.9 Å². The Balaban J connectivity index is 2.27. The third-order valence-corrected chi connectivity index (χ3v) is 7.83. The van der Waals surface area contributed by atoms with Gasteiger partial charge in [-0.3, -0.25) is 4.72 Å². The molecule has 0 radical (unpaired) electrons. The molecule has 0 amide bonds. The van der Waals surface area contributed by atoms with Crippen LogP contribution in [-0.2, 0) is 33.0 Å². The van der Waals surface area contributed by atoms with Gasteiger partial charge in [0.05, 0.1) is 5.75 Å². The predicted octanol–water partition coefficient (Wildman–Crippen LogP) is 1.49. The van der Waals surface area contributed by atoms with Crippen molar-refractivity contribution in [1.82, 2.24) is 4.31 Å². The molecule has 1 heterocycles. The van der Waals surface area contributed by atoms with Crippen LogP contribution in [0.4, 0.5) is 5.69 Å². The molecule has 0 aliphatic carbocycles. The van der Waals surface area contributed by atoms with Gasteiger partial charge in [-0.15, -0.1) is 0 Å². The first-order valence-corrected chi connectivity index (χ1v) is 10.8. The molecule has 6 nitrogen and oxygen atoms in total. The zero-order valence-corrected chi connectivity index (χ0v) is 14.8. The second-order valence-corrected chi connectivity index (χ2v) is 10.1. The van der Waals surface area contributed by atoms with Gasteiger partial charge in [-0.2, -0.15) is 4.31 Å². The van der Waals surface area contributed by atoms with Gasteiger partial charge in [0.15, 0.2) is 0 Å². The molecule has 1 N–H and O–H groups in total. The minimum absolute atomic E-state index is 0.0677. The van der Waals surface area contributed by atoms with Crippen molar-refractivity contribution in [2.75, 3.05) is 21.7 Å². The lowest BCUT2D eigenvalue weighted by Crippen LogP contribution is -2.36. The maximum atomic E-state index is 11.9. The van der Waals surface area contributed by atoms with E-state index in [1.165, 1.54) is 4.31 Å². The van der Waals surface area contributed by atoms with Gasteiger partial charge >= 0.3 is 0 Å². The summed E-state index contributed by atoms with van der Waals surface area (Å²) in [4.78, 5) is 0. The Labute approximate surface area is 133 Å². The highest BCUT2D eigenvalue weighted by Crippen LogP contribution is 2.25. The molecule has 9 heteroatoms. The fourth-order valence-corrected chi connectivity index (χ4v) is 4.18. The Hall–Kier alpha value is -0.640. The second kappa shape index (κ2) is 6.23. The van der Waals surface area contributed by atoms with Crippen molar-refractivity contribution < 1.29 is 16.8 Å². The highest BCUT2D eigenvalue weighted by molar-refractivity contribution is 9.10. The van der Waals surface area contributed by atoms with E-state index in [-0.39, 0.29) is 17.0 Å². The third kappa shape index (κ3) is 3.97. The molecule has 0 saturated heterocycles. The van der Waals surface area contributed by atoms with Crippen LogP contribution in [0.1, 0.15) is 18.1 Å². The lowest BCUT2D eigenvalue weighted by Gasteiger charge is -2.28. The standard InChI is InChI=1S/C12H17BrN2O4S2/c1-2-21(18,19)15-6-5-10-3-4-12(7-11(10)8-15)14-20(16,17)9-13/h3-4,7,14H,2,5-6,8-9H2,1H3. The maximum Gasteiger partial charge on any atom is 0.242 e. The van der Waals surface area contributed by atoms with Crippen molar-refractivity contribution in [2.24, 2.45) is 0 Å². The van der Waals surface area contributed by atoms with Crippen molar-refractivity contribution >= 4 is 41.7 Å². The van der Waals surface area contributed by atoms with E-state index >= 15 is 0 Å². The fraction of sp³-hybridized carbons (Fsp3) is 0.500. The van der Waals surface area contributed by atoms with Gasteiger partial charge in [-0.25, -0.2) is 16.8 Å². The Morgan fingerprint density at radius 3 is 2.57 bits per heavy atom. The van der Waals surface area contributed by atoms with Crippen LogP contribution in [-0.4, -0.2) is 38.1 Å². The molecule has 0 saturated carbocycles. The van der Waals surface area contributed by atoms with Gasteiger partial charge in [0.1, 0.15) is 4.66 Å². The number of anilines is 1. The Kier molecular flexibility index (Phi) is 4.96. The van der Waals surface area contributed by atoms with E-state index in [0.29, 0.717) is 18.7 Å². The van der Waals surface area contributed by atoms with Crippen molar-refractivity contribution in [3.05, 3.63) is 29.3 Å². The van der Waals surface area contributed by atoms with Crippen LogP contribution in [0.15, 0.2) is 18.2 Å². The number of hydrogen-bond donors (Lipinski definition) is 1. The number of fused-ring (bicyclic) bond motifs is 1.